The fourth-order valence-electron chi connectivity index (χ4n) is 3.90. The zero-order valence-corrected chi connectivity index (χ0v) is 19.6. The Morgan fingerprint density at radius 3 is 2.87 bits per heavy atom. The molecule has 2 unspecified atom stereocenters. The molecule has 1 aromatic rings. The molecular weight excluding hydrogens is 392 g/mol. The molecule has 0 bridgehead atoms. The average Bonchev–Trinajstić information content (AvgIpc) is 2.77. The molecule has 0 saturated carbocycles. The van der Waals surface area contributed by atoms with Gasteiger partial charge >= 0.3 is 0 Å². The van der Waals surface area contributed by atoms with Crippen molar-refractivity contribution in [3.63, 3.8) is 0 Å². The van der Waals surface area contributed by atoms with E-state index >= 15 is 0 Å². The highest BCUT2D eigenvalue weighted by molar-refractivity contribution is 5.80. The van der Waals surface area contributed by atoms with Gasteiger partial charge < -0.3 is 26.0 Å². The number of guanidine groups is 1. The number of nitrogens with two attached hydrogens (primary N) is 1. The first-order valence-electron chi connectivity index (χ1n) is 11.6. The third-order valence-corrected chi connectivity index (χ3v) is 5.59. The molecule has 2 heterocycles. The second-order valence-electron chi connectivity index (χ2n) is 8.32. The zero-order chi connectivity index (χ0) is 22.6. The standard InChI is InChI=1S/C23H40N6O2/c1-5-25-23(27-13-11-20(17(3)4)31-6-2)28-15-18-9-7-12-26-22(18)29-14-8-10-19(16-29)21(24)30/h7,9,12,17,19-20H,5-6,8,10-11,13-16H2,1-4H3,(H2,24,30)(H2,25,27,28). The molecule has 1 amide bonds. The highest BCUT2D eigenvalue weighted by Gasteiger charge is 2.26. The second-order valence-corrected chi connectivity index (χ2v) is 8.32. The number of amides is 1. The third kappa shape index (κ3) is 8.01. The molecule has 2 rings (SSSR count). The molecule has 0 aromatic carbocycles. The van der Waals surface area contributed by atoms with Crippen molar-refractivity contribution in [1.29, 1.82) is 0 Å². The monoisotopic (exact) mass is 432 g/mol. The van der Waals surface area contributed by atoms with E-state index in [-0.39, 0.29) is 17.9 Å². The van der Waals surface area contributed by atoms with Gasteiger partial charge in [0.1, 0.15) is 5.82 Å². The van der Waals surface area contributed by atoms with Crippen molar-refractivity contribution in [3.05, 3.63) is 23.9 Å². The molecule has 174 valence electrons. The fourth-order valence-corrected chi connectivity index (χ4v) is 3.90. The van der Waals surface area contributed by atoms with Crippen molar-refractivity contribution >= 4 is 17.7 Å². The Morgan fingerprint density at radius 1 is 1.39 bits per heavy atom. The Bertz CT molecular complexity index is 709. The Hall–Kier alpha value is -2.35. The van der Waals surface area contributed by atoms with Crippen LogP contribution in [0, 0.1) is 11.8 Å². The van der Waals surface area contributed by atoms with Crippen LogP contribution in [0.2, 0.25) is 0 Å². The number of rotatable bonds is 11. The number of carbonyl (C=O) groups excluding carboxylic acids is 1. The summed E-state index contributed by atoms with van der Waals surface area (Å²) in [5.41, 5.74) is 6.59. The Balaban J connectivity index is 2.03. The lowest BCUT2D eigenvalue weighted by Crippen LogP contribution is -2.42. The predicted molar refractivity (Wildman–Crippen MR) is 126 cm³/mol. The number of ether oxygens (including phenoxy) is 1. The number of aliphatic imine (C=N–C) groups is 1. The van der Waals surface area contributed by atoms with E-state index in [4.69, 9.17) is 15.5 Å². The topological polar surface area (TPSA) is 105 Å². The van der Waals surface area contributed by atoms with Crippen LogP contribution in [0.25, 0.3) is 0 Å². The minimum atomic E-state index is -0.231. The number of carbonyl (C=O) groups is 1. The van der Waals surface area contributed by atoms with Gasteiger partial charge in [0.2, 0.25) is 5.91 Å². The van der Waals surface area contributed by atoms with E-state index in [0.29, 0.717) is 19.0 Å². The van der Waals surface area contributed by atoms with Crippen molar-refractivity contribution in [3.8, 4) is 0 Å². The van der Waals surface area contributed by atoms with Crippen molar-refractivity contribution in [2.45, 2.75) is 59.6 Å². The summed E-state index contributed by atoms with van der Waals surface area (Å²) in [6, 6.07) is 3.98. The lowest BCUT2D eigenvalue weighted by Gasteiger charge is -2.33. The van der Waals surface area contributed by atoms with Crippen LogP contribution in [0.1, 0.15) is 52.5 Å². The van der Waals surface area contributed by atoms with E-state index in [1.54, 1.807) is 6.20 Å². The molecule has 0 radical (unpaired) electrons. The Kier molecular flexibility index (Phi) is 10.6. The van der Waals surface area contributed by atoms with Gasteiger partial charge in [-0.3, -0.25) is 4.79 Å². The van der Waals surface area contributed by atoms with Crippen molar-refractivity contribution in [1.82, 2.24) is 15.6 Å². The fraction of sp³-hybridized carbons (Fsp3) is 0.696. The number of hydrogen-bond acceptors (Lipinski definition) is 5. The minimum Gasteiger partial charge on any atom is -0.378 e. The molecular formula is C23H40N6O2. The van der Waals surface area contributed by atoms with Gasteiger partial charge in [0.25, 0.3) is 0 Å². The number of hydrogen-bond donors (Lipinski definition) is 3. The molecule has 1 aromatic heterocycles. The summed E-state index contributed by atoms with van der Waals surface area (Å²) in [4.78, 5) is 23.2. The maximum absolute atomic E-state index is 11.7. The highest BCUT2D eigenvalue weighted by atomic mass is 16.5. The molecule has 1 aliphatic rings. The lowest BCUT2D eigenvalue weighted by atomic mass is 9.97. The van der Waals surface area contributed by atoms with Crippen molar-refractivity contribution in [2.24, 2.45) is 22.6 Å². The quantitative estimate of drug-likeness (QED) is 0.366. The smallest absolute Gasteiger partial charge is 0.222 e. The summed E-state index contributed by atoms with van der Waals surface area (Å²) in [6.45, 7) is 12.8. The van der Waals surface area contributed by atoms with Gasteiger partial charge in [-0.25, -0.2) is 9.98 Å². The molecule has 2 atom stereocenters. The van der Waals surface area contributed by atoms with E-state index in [2.05, 4.69) is 41.3 Å². The zero-order valence-electron chi connectivity index (χ0n) is 19.6. The molecule has 4 N–H and O–H groups in total. The largest absolute Gasteiger partial charge is 0.378 e. The van der Waals surface area contributed by atoms with Gasteiger partial charge in [0.05, 0.1) is 18.6 Å². The van der Waals surface area contributed by atoms with Gasteiger partial charge in [-0.05, 0) is 45.1 Å². The molecule has 1 saturated heterocycles. The number of nitrogens with zero attached hydrogens (tertiary/aromatic N) is 3. The maximum Gasteiger partial charge on any atom is 0.222 e. The molecule has 0 aliphatic carbocycles. The van der Waals surface area contributed by atoms with Gasteiger partial charge in [-0.15, -0.1) is 0 Å². The van der Waals surface area contributed by atoms with Crippen LogP contribution in [0.5, 0.6) is 0 Å². The lowest BCUT2D eigenvalue weighted by molar-refractivity contribution is -0.122. The van der Waals surface area contributed by atoms with E-state index < -0.39 is 0 Å². The van der Waals surface area contributed by atoms with Crippen LogP contribution in [0.15, 0.2) is 23.3 Å². The first-order chi connectivity index (χ1) is 15.0. The van der Waals surface area contributed by atoms with E-state index in [1.165, 1.54) is 0 Å². The van der Waals surface area contributed by atoms with E-state index in [9.17, 15) is 4.79 Å². The SMILES string of the molecule is CCNC(=NCc1cccnc1N1CCCC(C(N)=O)C1)NCCC(OCC)C(C)C. The number of aromatic nitrogens is 1. The summed E-state index contributed by atoms with van der Waals surface area (Å²) in [5, 5.41) is 6.73. The minimum absolute atomic E-state index is 0.120. The first kappa shape index (κ1) is 24.9. The van der Waals surface area contributed by atoms with Crippen LogP contribution in [-0.2, 0) is 16.1 Å². The first-order valence-corrected chi connectivity index (χ1v) is 11.6. The van der Waals surface area contributed by atoms with Crippen LogP contribution < -0.4 is 21.3 Å². The molecule has 0 spiro atoms. The van der Waals surface area contributed by atoms with E-state index in [0.717, 1.165) is 62.8 Å². The van der Waals surface area contributed by atoms with Gasteiger partial charge in [-0.1, -0.05) is 19.9 Å². The molecule has 1 fully saturated rings. The van der Waals surface area contributed by atoms with Crippen LogP contribution >= 0.6 is 0 Å². The summed E-state index contributed by atoms with van der Waals surface area (Å²) in [5.74, 6) is 1.80. The molecule has 1 aliphatic heterocycles. The summed E-state index contributed by atoms with van der Waals surface area (Å²) in [6.07, 6.45) is 4.74. The molecule has 8 nitrogen and oxygen atoms in total. The number of piperidine rings is 1. The predicted octanol–water partition coefficient (Wildman–Crippen LogP) is 2.29. The number of primary amides is 1. The average molecular weight is 433 g/mol. The Morgan fingerprint density at radius 2 is 2.19 bits per heavy atom. The normalized spacial score (nSPS) is 18.2. The number of nitrogens with one attached hydrogen (secondary N) is 2. The van der Waals surface area contributed by atoms with Crippen LogP contribution in [0.4, 0.5) is 5.82 Å². The summed E-state index contributed by atoms with van der Waals surface area (Å²) < 4.78 is 5.84. The van der Waals surface area contributed by atoms with Crippen LogP contribution in [0.3, 0.4) is 0 Å². The maximum atomic E-state index is 11.7. The molecule has 8 heteroatoms. The van der Waals surface area contributed by atoms with Gasteiger partial charge in [0.15, 0.2) is 5.96 Å². The summed E-state index contributed by atoms with van der Waals surface area (Å²) >= 11 is 0. The Labute approximate surface area is 187 Å². The number of pyridine rings is 1. The third-order valence-electron chi connectivity index (χ3n) is 5.59. The van der Waals surface area contributed by atoms with Gasteiger partial charge in [0, 0.05) is 44.5 Å². The number of anilines is 1. The van der Waals surface area contributed by atoms with Crippen molar-refractivity contribution < 1.29 is 9.53 Å². The summed E-state index contributed by atoms with van der Waals surface area (Å²) in [7, 11) is 0. The van der Waals surface area contributed by atoms with Crippen LogP contribution in [-0.4, -0.2) is 55.7 Å². The van der Waals surface area contributed by atoms with Crippen molar-refractivity contribution in [2.75, 3.05) is 37.7 Å². The van der Waals surface area contributed by atoms with Gasteiger partial charge in [-0.2, -0.15) is 0 Å². The molecule has 31 heavy (non-hydrogen) atoms. The highest BCUT2D eigenvalue weighted by Crippen LogP contribution is 2.25. The van der Waals surface area contributed by atoms with E-state index in [1.807, 2.05) is 19.1 Å². The second kappa shape index (κ2) is 13.1.